The van der Waals surface area contributed by atoms with E-state index in [1.165, 1.54) is 7.11 Å². The minimum Gasteiger partial charge on any atom is -0.494 e. The molecule has 0 bridgehead atoms. The van der Waals surface area contributed by atoms with Gasteiger partial charge in [0, 0.05) is 23.4 Å². The predicted octanol–water partition coefficient (Wildman–Crippen LogP) is 3.66. The van der Waals surface area contributed by atoms with E-state index < -0.39 is 10.0 Å². The summed E-state index contributed by atoms with van der Waals surface area (Å²) in [6.07, 6.45) is 1.08. The van der Waals surface area contributed by atoms with Crippen molar-refractivity contribution < 1.29 is 23.1 Å². The third-order valence-electron chi connectivity index (χ3n) is 5.12. The molecule has 0 aliphatic rings. The van der Waals surface area contributed by atoms with E-state index in [0.717, 1.165) is 22.7 Å². The summed E-state index contributed by atoms with van der Waals surface area (Å²) in [5.74, 6) is 0.0988. The molecule has 1 aromatic heterocycles. The van der Waals surface area contributed by atoms with Crippen LogP contribution in [0, 0.1) is 0 Å². The molecule has 0 aliphatic carbocycles. The van der Waals surface area contributed by atoms with Crippen LogP contribution in [0.2, 0.25) is 0 Å². The van der Waals surface area contributed by atoms with Gasteiger partial charge in [-0.15, -0.1) is 12.4 Å². The molecule has 1 heterocycles. The Hall–Kier alpha value is -3.60. The number of nitrogens with zero attached hydrogens (tertiary/aromatic N) is 1. The molecule has 0 saturated heterocycles. The Kier molecular flexibility index (Phi) is 8.00. The topological polar surface area (TPSA) is 130 Å². The number of hydrogen-bond donors (Lipinski definition) is 4. The maximum absolute atomic E-state index is 12.7. The van der Waals surface area contributed by atoms with Gasteiger partial charge in [-0.3, -0.25) is 9.52 Å². The van der Waals surface area contributed by atoms with Crippen molar-refractivity contribution in [2.45, 2.75) is 0 Å². The van der Waals surface area contributed by atoms with Gasteiger partial charge in [0.2, 0.25) is 10.0 Å². The number of aliphatic hydroxyl groups excluding tert-OH is 1. The highest BCUT2D eigenvalue weighted by Gasteiger charge is 2.17. The molecule has 9 nitrogen and oxygen atoms in total. The molecule has 0 saturated carbocycles. The lowest BCUT2D eigenvalue weighted by molar-refractivity contribution is 0.0946. The van der Waals surface area contributed by atoms with Crippen LogP contribution >= 0.6 is 12.4 Å². The summed E-state index contributed by atoms with van der Waals surface area (Å²) in [5.41, 5.74) is 3.29. The van der Waals surface area contributed by atoms with Crippen molar-refractivity contribution in [1.29, 1.82) is 0 Å². The number of rotatable bonds is 8. The number of aliphatic hydroxyl groups is 1. The Balaban J connectivity index is 0.00000342. The summed E-state index contributed by atoms with van der Waals surface area (Å²) in [4.78, 5) is 17.5. The number of sulfonamides is 1. The van der Waals surface area contributed by atoms with Crippen molar-refractivity contribution in [3.63, 3.8) is 0 Å². The smallest absolute Gasteiger partial charge is 0.253 e. The number of carbonyl (C=O) groups is 1. The lowest BCUT2D eigenvalue weighted by atomic mass is 10.0. The van der Waals surface area contributed by atoms with Crippen LogP contribution in [-0.2, 0) is 10.0 Å². The molecular formula is C24H25ClN4O5S. The molecule has 35 heavy (non-hydrogen) atoms. The van der Waals surface area contributed by atoms with E-state index in [4.69, 9.17) is 14.8 Å². The summed E-state index contributed by atoms with van der Waals surface area (Å²) in [6, 6.07) is 17.8. The van der Waals surface area contributed by atoms with Crippen molar-refractivity contribution in [3.05, 3.63) is 66.2 Å². The summed E-state index contributed by atoms with van der Waals surface area (Å²) in [7, 11) is -1.94. The second kappa shape index (κ2) is 10.8. The second-order valence-electron chi connectivity index (χ2n) is 7.60. The number of methoxy groups -OCH3 is 1. The van der Waals surface area contributed by atoms with Gasteiger partial charge >= 0.3 is 0 Å². The highest BCUT2D eigenvalue weighted by Crippen LogP contribution is 2.37. The number of hydrogen-bond acceptors (Lipinski definition) is 7. The van der Waals surface area contributed by atoms with Crippen molar-refractivity contribution in [2.75, 3.05) is 36.6 Å². The molecule has 0 radical (unpaired) electrons. The van der Waals surface area contributed by atoms with Crippen LogP contribution in [-0.4, -0.2) is 50.9 Å². The number of amides is 1. The molecule has 0 atom stereocenters. The lowest BCUT2D eigenvalue weighted by Crippen LogP contribution is -2.26. The van der Waals surface area contributed by atoms with Crippen molar-refractivity contribution in [1.82, 2.24) is 10.3 Å². The number of benzene rings is 3. The van der Waals surface area contributed by atoms with E-state index in [-0.39, 0.29) is 31.5 Å². The molecule has 184 valence electrons. The Morgan fingerprint density at radius 2 is 1.80 bits per heavy atom. The molecule has 0 unspecified atom stereocenters. The SMILES string of the molecule is COc1cc(NS(C)(=O)=O)ccc1Nc1c2ccccc2nc2c(C(=O)NCCO)cccc12.Cl. The highest BCUT2D eigenvalue weighted by atomic mass is 35.5. The number of pyridine rings is 1. The van der Waals surface area contributed by atoms with Crippen molar-refractivity contribution >= 4 is 67.2 Å². The van der Waals surface area contributed by atoms with Crippen LogP contribution in [0.4, 0.5) is 17.1 Å². The molecule has 4 aromatic rings. The maximum atomic E-state index is 12.7. The third kappa shape index (κ3) is 5.73. The van der Waals surface area contributed by atoms with Gasteiger partial charge < -0.3 is 20.5 Å². The van der Waals surface area contributed by atoms with Crippen LogP contribution in [0.1, 0.15) is 10.4 Å². The molecular weight excluding hydrogens is 492 g/mol. The summed E-state index contributed by atoms with van der Waals surface area (Å²) < 4.78 is 31.1. The molecule has 1 amide bonds. The largest absolute Gasteiger partial charge is 0.494 e. The zero-order valence-corrected chi connectivity index (χ0v) is 20.7. The first kappa shape index (κ1) is 26.0. The van der Waals surface area contributed by atoms with Gasteiger partial charge in [0.05, 0.1) is 53.6 Å². The Labute approximate surface area is 209 Å². The molecule has 11 heteroatoms. The molecule has 4 rings (SSSR count). The van der Waals surface area contributed by atoms with Crippen LogP contribution < -0.4 is 20.1 Å². The fraction of sp³-hybridized carbons (Fsp3) is 0.167. The minimum atomic E-state index is -3.44. The zero-order valence-electron chi connectivity index (χ0n) is 19.0. The monoisotopic (exact) mass is 516 g/mol. The van der Waals surface area contributed by atoms with E-state index in [1.54, 1.807) is 30.3 Å². The number of ether oxygens (including phenoxy) is 1. The zero-order chi connectivity index (χ0) is 24.3. The first-order valence-electron chi connectivity index (χ1n) is 10.4. The first-order valence-corrected chi connectivity index (χ1v) is 12.3. The number of fused-ring (bicyclic) bond motifs is 2. The first-order chi connectivity index (χ1) is 16.3. The minimum absolute atomic E-state index is 0. The average Bonchev–Trinajstić information content (AvgIpc) is 2.81. The van der Waals surface area contributed by atoms with E-state index in [0.29, 0.717) is 33.7 Å². The van der Waals surface area contributed by atoms with Crippen LogP contribution in [0.5, 0.6) is 5.75 Å². The van der Waals surface area contributed by atoms with E-state index >= 15 is 0 Å². The lowest BCUT2D eigenvalue weighted by Gasteiger charge is -2.17. The third-order valence-corrected chi connectivity index (χ3v) is 5.72. The Bertz CT molecular complexity index is 1490. The van der Waals surface area contributed by atoms with Gasteiger partial charge in [-0.2, -0.15) is 0 Å². The number of aromatic nitrogens is 1. The van der Waals surface area contributed by atoms with Gasteiger partial charge in [0.15, 0.2) is 0 Å². The van der Waals surface area contributed by atoms with Gasteiger partial charge in [-0.25, -0.2) is 13.4 Å². The fourth-order valence-corrected chi connectivity index (χ4v) is 4.26. The van der Waals surface area contributed by atoms with E-state index in [1.807, 2.05) is 30.3 Å². The number of halogens is 1. The molecule has 0 fully saturated rings. The quantitative estimate of drug-likeness (QED) is 0.263. The summed E-state index contributed by atoms with van der Waals surface area (Å²) in [6.45, 7) is -0.0252. The van der Waals surface area contributed by atoms with E-state index in [9.17, 15) is 13.2 Å². The Morgan fingerprint density at radius 3 is 2.51 bits per heavy atom. The second-order valence-corrected chi connectivity index (χ2v) is 9.35. The van der Waals surface area contributed by atoms with Crippen LogP contribution in [0.3, 0.4) is 0 Å². The van der Waals surface area contributed by atoms with Crippen molar-refractivity contribution in [2.24, 2.45) is 0 Å². The van der Waals surface area contributed by atoms with E-state index in [2.05, 4.69) is 15.4 Å². The summed E-state index contributed by atoms with van der Waals surface area (Å²) in [5, 5.41) is 16.7. The maximum Gasteiger partial charge on any atom is 0.253 e. The number of para-hydroxylation sites is 2. The van der Waals surface area contributed by atoms with Crippen LogP contribution in [0.25, 0.3) is 21.8 Å². The van der Waals surface area contributed by atoms with Gasteiger partial charge in [-0.05, 0) is 24.3 Å². The molecule has 4 N–H and O–H groups in total. The average molecular weight is 517 g/mol. The van der Waals surface area contributed by atoms with Crippen molar-refractivity contribution in [3.8, 4) is 5.75 Å². The normalized spacial score (nSPS) is 11.1. The molecule has 3 aromatic carbocycles. The Morgan fingerprint density at radius 1 is 1.06 bits per heavy atom. The standard InChI is InChI=1S/C24H24N4O5S.ClH/c1-33-21-14-15(28-34(2,31)32)10-11-20(21)27-22-16-6-3-4-9-19(16)26-23-17(22)7-5-8-18(23)24(30)25-12-13-29;/h3-11,14,28-29H,12-13H2,1-2H3,(H,25,30)(H,26,27);1H. The number of carbonyl (C=O) groups excluding carboxylic acids is 1. The molecule has 0 spiro atoms. The number of anilines is 3. The highest BCUT2D eigenvalue weighted by molar-refractivity contribution is 7.92. The fourth-order valence-electron chi connectivity index (χ4n) is 3.70. The van der Waals surface area contributed by atoms with Gasteiger partial charge in [0.1, 0.15) is 5.75 Å². The number of nitrogens with one attached hydrogen (secondary N) is 3. The van der Waals surface area contributed by atoms with Crippen LogP contribution in [0.15, 0.2) is 60.7 Å². The van der Waals surface area contributed by atoms with Gasteiger partial charge in [0.25, 0.3) is 5.91 Å². The predicted molar refractivity (Wildman–Crippen MR) is 141 cm³/mol. The summed E-state index contributed by atoms with van der Waals surface area (Å²) >= 11 is 0. The van der Waals surface area contributed by atoms with Gasteiger partial charge in [-0.1, -0.05) is 30.3 Å². The molecule has 0 aliphatic heterocycles.